The van der Waals surface area contributed by atoms with Gasteiger partial charge in [-0.3, -0.25) is 5.10 Å². The lowest BCUT2D eigenvalue weighted by Gasteiger charge is -2.10. The summed E-state index contributed by atoms with van der Waals surface area (Å²) in [7, 11) is 0. The SMILES string of the molecule is OCCCc1n[nH]c2cc(Nc3ncc(F)c(Nc4cccc(O)c4)n3)ccc12. The third-order valence-corrected chi connectivity index (χ3v) is 4.32. The largest absolute Gasteiger partial charge is 0.508 e. The van der Waals surface area contributed by atoms with Crippen molar-refractivity contribution in [3.05, 3.63) is 60.2 Å². The van der Waals surface area contributed by atoms with E-state index in [4.69, 9.17) is 5.11 Å². The molecular weight excluding hydrogens is 375 g/mol. The van der Waals surface area contributed by atoms with Gasteiger partial charge < -0.3 is 20.8 Å². The quantitative estimate of drug-likeness (QED) is 0.325. The average molecular weight is 394 g/mol. The topological polar surface area (TPSA) is 119 Å². The Labute approximate surface area is 165 Å². The smallest absolute Gasteiger partial charge is 0.229 e. The number of phenolic OH excluding ortho intramolecular Hbond substituents is 1. The third-order valence-electron chi connectivity index (χ3n) is 4.32. The van der Waals surface area contributed by atoms with Crippen LogP contribution in [0, 0.1) is 5.82 Å². The standard InChI is InChI=1S/C20H19FN6O2/c21-16-11-22-20(25-19(16)23-12-3-1-4-14(29)9-12)24-13-6-7-15-17(5-2-8-28)26-27-18(15)10-13/h1,3-4,6-7,9-11,28-29H,2,5,8H2,(H,26,27)(H2,22,23,24,25). The van der Waals surface area contributed by atoms with E-state index in [0.717, 1.165) is 22.8 Å². The second kappa shape index (κ2) is 8.11. The zero-order chi connectivity index (χ0) is 20.2. The molecule has 0 bridgehead atoms. The van der Waals surface area contributed by atoms with Gasteiger partial charge in [-0.15, -0.1) is 0 Å². The molecule has 9 heteroatoms. The van der Waals surface area contributed by atoms with E-state index in [1.165, 1.54) is 12.1 Å². The van der Waals surface area contributed by atoms with Crippen molar-refractivity contribution in [1.29, 1.82) is 0 Å². The molecule has 0 aliphatic carbocycles. The summed E-state index contributed by atoms with van der Waals surface area (Å²) in [6, 6.07) is 12.0. The molecule has 0 atom stereocenters. The van der Waals surface area contributed by atoms with Gasteiger partial charge in [0.15, 0.2) is 11.6 Å². The number of halogens is 1. The molecule has 0 fully saturated rings. The van der Waals surface area contributed by atoms with Crippen LogP contribution in [-0.2, 0) is 6.42 Å². The Morgan fingerprint density at radius 3 is 2.76 bits per heavy atom. The number of benzene rings is 2. The van der Waals surface area contributed by atoms with Crippen LogP contribution in [0.5, 0.6) is 5.75 Å². The fourth-order valence-electron chi connectivity index (χ4n) is 2.96. The number of aromatic amines is 1. The van der Waals surface area contributed by atoms with Gasteiger partial charge in [0.2, 0.25) is 5.95 Å². The number of phenols is 1. The van der Waals surface area contributed by atoms with Crippen molar-refractivity contribution in [2.75, 3.05) is 17.2 Å². The Kier molecular flexibility index (Phi) is 5.21. The average Bonchev–Trinajstić information content (AvgIpc) is 3.11. The molecule has 148 valence electrons. The van der Waals surface area contributed by atoms with Crippen LogP contribution in [0.2, 0.25) is 0 Å². The number of rotatable bonds is 7. The van der Waals surface area contributed by atoms with E-state index in [1.807, 2.05) is 18.2 Å². The lowest BCUT2D eigenvalue weighted by Crippen LogP contribution is -2.03. The van der Waals surface area contributed by atoms with Crippen LogP contribution in [0.4, 0.5) is 27.5 Å². The highest BCUT2D eigenvalue weighted by atomic mass is 19.1. The third kappa shape index (κ3) is 4.25. The van der Waals surface area contributed by atoms with Crippen molar-refractivity contribution in [2.24, 2.45) is 0 Å². The molecule has 4 rings (SSSR count). The number of aliphatic hydroxyl groups excluding tert-OH is 1. The molecule has 2 aromatic heterocycles. The van der Waals surface area contributed by atoms with Crippen LogP contribution in [0.1, 0.15) is 12.1 Å². The number of anilines is 4. The van der Waals surface area contributed by atoms with Gasteiger partial charge in [-0.2, -0.15) is 10.1 Å². The second-order valence-electron chi connectivity index (χ2n) is 6.45. The Hall–Kier alpha value is -3.72. The first-order valence-electron chi connectivity index (χ1n) is 9.06. The van der Waals surface area contributed by atoms with Gasteiger partial charge >= 0.3 is 0 Å². The maximum atomic E-state index is 14.1. The zero-order valence-corrected chi connectivity index (χ0v) is 15.4. The molecule has 0 aliphatic heterocycles. The highest BCUT2D eigenvalue weighted by Gasteiger charge is 2.10. The van der Waals surface area contributed by atoms with Crippen molar-refractivity contribution in [1.82, 2.24) is 20.2 Å². The van der Waals surface area contributed by atoms with E-state index < -0.39 is 5.82 Å². The first kappa shape index (κ1) is 18.6. The molecule has 0 spiro atoms. The van der Waals surface area contributed by atoms with Gasteiger partial charge in [0.1, 0.15) is 5.75 Å². The molecule has 0 aliphatic rings. The fourth-order valence-corrected chi connectivity index (χ4v) is 2.96. The van der Waals surface area contributed by atoms with Gasteiger partial charge in [0.05, 0.1) is 17.4 Å². The van der Waals surface area contributed by atoms with E-state index in [9.17, 15) is 9.50 Å². The molecule has 4 aromatic rings. The number of aromatic nitrogens is 4. The van der Waals surface area contributed by atoms with Crippen molar-refractivity contribution in [3.8, 4) is 5.75 Å². The number of nitrogens with zero attached hydrogens (tertiary/aromatic N) is 3. The summed E-state index contributed by atoms with van der Waals surface area (Å²) in [6.45, 7) is 0.120. The minimum absolute atomic E-state index is 0.0120. The van der Waals surface area contributed by atoms with E-state index >= 15 is 0 Å². The fraction of sp³-hybridized carbons (Fsp3) is 0.150. The van der Waals surface area contributed by atoms with E-state index in [2.05, 4.69) is 30.8 Å². The lowest BCUT2D eigenvalue weighted by atomic mass is 10.1. The minimum atomic E-state index is -0.614. The molecule has 0 radical (unpaired) electrons. The van der Waals surface area contributed by atoms with Crippen molar-refractivity contribution in [3.63, 3.8) is 0 Å². The van der Waals surface area contributed by atoms with Crippen LogP contribution in [0.15, 0.2) is 48.7 Å². The molecule has 0 saturated heterocycles. The highest BCUT2D eigenvalue weighted by Crippen LogP contribution is 2.25. The second-order valence-corrected chi connectivity index (χ2v) is 6.45. The number of aliphatic hydroxyl groups is 1. The van der Waals surface area contributed by atoms with E-state index in [1.54, 1.807) is 12.1 Å². The predicted molar refractivity (Wildman–Crippen MR) is 108 cm³/mol. The van der Waals surface area contributed by atoms with Crippen molar-refractivity contribution in [2.45, 2.75) is 12.8 Å². The van der Waals surface area contributed by atoms with Gasteiger partial charge in [-0.25, -0.2) is 9.37 Å². The summed E-state index contributed by atoms with van der Waals surface area (Å²) < 4.78 is 14.1. The summed E-state index contributed by atoms with van der Waals surface area (Å²) in [5, 5.41) is 32.7. The predicted octanol–water partition coefficient (Wildman–Crippen LogP) is 3.61. The molecule has 8 nitrogen and oxygen atoms in total. The van der Waals surface area contributed by atoms with Crippen LogP contribution >= 0.6 is 0 Å². The number of H-pyrrole nitrogens is 1. The normalized spacial score (nSPS) is 11.0. The molecule has 29 heavy (non-hydrogen) atoms. The van der Waals surface area contributed by atoms with E-state index in [-0.39, 0.29) is 24.1 Å². The summed E-state index contributed by atoms with van der Waals surface area (Å²) in [5.74, 6) is -0.346. The summed E-state index contributed by atoms with van der Waals surface area (Å²) >= 11 is 0. The molecule has 2 heterocycles. The molecule has 2 aromatic carbocycles. The van der Waals surface area contributed by atoms with Crippen LogP contribution in [0.25, 0.3) is 10.9 Å². The number of aryl methyl sites for hydroxylation is 1. The summed E-state index contributed by atoms with van der Waals surface area (Å²) in [5.41, 5.74) is 2.95. The number of aromatic hydroxyl groups is 1. The van der Waals surface area contributed by atoms with Gasteiger partial charge in [0.25, 0.3) is 0 Å². The summed E-state index contributed by atoms with van der Waals surface area (Å²) in [4.78, 5) is 8.15. The van der Waals surface area contributed by atoms with Crippen molar-refractivity contribution >= 4 is 34.0 Å². The molecule has 0 unspecified atom stereocenters. The Bertz CT molecular complexity index is 1150. The molecule has 5 N–H and O–H groups in total. The number of hydrogen-bond acceptors (Lipinski definition) is 7. The number of hydrogen-bond donors (Lipinski definition) is 5. The van der Waals surface area contributed by atoms with Gasteiger partial charge in [0, 0.05) is 29.4 Å². The zero-order valence-electron chi connectivity index (χ0n) is 15.4. The van der Waals surface area contributed by atoms with Gasteiger partial charge in [-0.05, 0) is 43.2 Å². The minimum Gasteiger partial charge on any atom is -0.508 e. The highest BCUT2D eigenvalue weighted by molar-refractivity contribution is 5.85. The lowest BCUT2D eigenvalue weighted by molar-refractivity contribution is 0.288. The monoisotopic (exact) mass is 394 g/mol. The maximum absolute atomic E-state index is 14.1. The molecule has 0 saturated carbocycles. The Balaban J connectivity index is 1.54. The molecular formula is C20H19FN6O2. The molecule has 0 amide bonds. The first-order chi connectivity index (χ1) is 14.1. The Morgan fingerprint density at radius 2 is 1.93 bits per heavy atom. The van der Waals surface area contributed by atoms with Crippen molar-refractivity contribution < 1.29 is 14.6 Å². The van der Waals surface area contributed by atoms with Crippen LogP contribution < -0.4 is 10.6 Å². The van der Waals surface area contributed by atoms with E-state index in [0.29, 0.717) is 24.2 Å². The number of fused-ring (bicyclic) bond motifs is 1. The maximum Gasteiger partial charge on any atom is 0.229 e. The summed E-state index contributed by atoms with van der Waals surface area (Å²) in [6.07, 6.45) is 2.41. The van der Waals surface area contributed by atoms with Crippen LogP contribution in [0.3, 0.4) is 0 Å². The van der Waals surface area contributed by atoms with Crippen LogP contribution in [-0.4, -0.2) is 37.0 Å². The first-order valence-corrected chi connectivity index (χ1v) is 9.06. The Morgan fingerprint density at radius 1 is 1.07 bits per heavy atom. The number of nitrogens with one attached hydrogen (secondary N) is 3. The van der Waals surface area contributed by atoms with Gasteiger partial charge in [-0.1, -0.05) is 6.07 Å².